The Bertz CT molecular complexity index is 781. The topological polar surface area (TPSA) is 85.8 Å². The van der Waals surface area contributed by atoms with Gasteiger partial charge in [-0.1, -0.05) is 13.3 Å². The quantitative estimate of drug-likeness (QED) is 0.795. The summed E-state index contributed by atoms with van der Waals surface area (Å²) < 4.78 is 16.2. The maximum Gasteiger partial charge on any atom is 0.228 e. The Morgan fingerprint density at radius 1 is 1.22 bits per heavy atom. The largest absolute Gasteiger partial charge is 0.327 e. The molecule has 0 bridgehead atoms. The first-order valence-electron chi connectivity index (χ1n) is 8.76. The van der Waals surface area contributed by atoms with Crippen molar-refractivity contribution in [1.29, 1.82) is 0 Å². The summed E-state index contributed by atoms with van der Waals surface area (Å²) in [6.07, 6.45) is 4.26. The van der Waals surface area contributed by atoms with Gasteiger partial charge in [0.25, 0.3) is 0 Å². The van der Waals surface area contributed by atoms with E-state index in [2.05, 4.69) is 20.1 Å². The number of nitrogens with two attached hydrogens (primary N) is 1. The van der Waals surface area contributed by atoms with Crippen molar-refractivity contribution in [2.75, 3.05) is 5.32 Å². The lowest BCUT2D eigenvalue weighted by Crippen LogP contribution is -2.34. The minimum atomic E-state index is -0.482. The molecule has 2 unspecified atom stereocenters. The van der Waals surface area contributed by atoms with Crippen LogP contribution in [0.2, 0.25) is 0 Å². The molecule has 2 heterocycles. The van der Waals surface area contributed by atoms with Crippen LogP contribution in [0.4, 0.5) is 10.1 Å². The summed E-state index contributed by atoms with van der Waals surface area (Å²) in [5.74, 6) is 0.490. The molecule has 2 aromatic rings. The second-order valence-electron chi connectivity index (χ2n) is 6.73. The number of carbonyl (C=O) groups is 1. The number of aryl methyl sites for hydroxylation is 1. The van der Waals surface area contributed by atoms with Gasteiger partial charge < -0.3 is 15.6 Å². The number of hydrogen-bond acceptors (Lipinski definition) is 4. The molecule has 0 radical (unpaired) electrons. The van der Waals surface area contributed by atoms with Gasteiger partial charge in [0.15, 0.2) is 5.82 Å². The first-order chi connectivity index (χ1) is 12.0. The normalized spacial score (nSPS) is 15.4. The summed E-state index contributed by atoms with van der Waals surface area (Å²) in [6.45, 7) is 4.33. The van der Waals surface area contributed by atoms with Crippen molar-refractivity contribution >= 4 is 36.4 Å². The number of nitrogens with zero attached hydrogens (tertiary/aromatic N) is 3. The van der Waals surface area contributed by atoms with E-state index in [1.54, 1.807) is 26.0 Å². The molecule has 150 valence electrons. The molecule has 0 spiro atoms. The van der Waals surface area contributed by atoms with E-state index in [1.165, 1.54) is 12.5 Å². The number of rotatable bonds is 4. The lowest BCUT2D eigenvalue weighted by molar-refractivity contribution is -0.119. The molecule has 3 rings (SSSR count). The second-order valence-corrected chi connectivity index (χ2v) is 6.73. The molecule has 0 saturated heterocycles. The Morgan fingerprint density at radius 3 is 2.67 bits per heavy atom. The van der Waals surface area contributed by atoms with Crippen LogP contribution >= 0.6 is 24.8 Å². The highest BCUT2D eigenvalue weighted by Gasteiger charge is 2.20. The van der Waals surface area contributed by atoms with Crippen LogP contribution in [0.15, 0.2) is 18.2 Å². The van der Waals surface area contributed by atoms with Crippen LogP contribution in [0, 0.1) is 11.7 Å². The van der Waals surface area contributed by atoms with Crippen molar-refractivity contribution < 1.29 is 9.18 Å². The second kappa shape index (κ2) is 10.0. The fraction of sp³-hybridized carbons (Fsp3) is 0.500. The molecule has 1 aromatic heterocycles. The number of aromatic nitrogens is 3. The Balaban J connectivity index is 0.00000182. The van der Waals surface area contributed by atoms with Crippen molar-refractivity contribution in [3.05, 3.63) is 29.8 Å². The van der Waals surface area contributed by atoms with E-state index in [0.717, 1.165) is 37.2 Å². The van der Waals surface area contributed by atoms with E-state index in [4.69, 9.17) is 5.73 Å². The zero-order chi connectivity index (χ0) is 18.0. The van der Waals surface area contributed by atoms with E-state index >= 15 is 0 Å². The van der Waals surface area contributed by atoms with Crippen molar-refractivity contribution in [3.8, 4) is 11.4 Å². The average molecular weight is 418 g/mol. The minimum Gasteiger partial charge on any atom is -0.327 e. The van der Waals surface area contributed by atoms with E-state index in [0.29, 0.717) is 5.82 Å². The smallest absolute Gasteiger partial charge is 0.228 e. The standard InChI is InChI=1S/C18H24FN5O.2ClH/c1-11(12(2)20)18(25)21-15-10-13(7-8-14(15)19)17-23-22-16-6-4-3-5-9-24(16)17;;/h7-8,10-12H,3-6,9,20H2,1-2H3,(H,21,25);2*1H. The van der Waals surface area contributed by atoms with Crippen LogP contribution in [-0.2, 0) is 17.8 Å². The van der Waals surface area contributed by atoms with Crippen LogP contribution in [0.3, 0.4) is 0 Å². The van der Waals surface area contributed by atoms with Crippen LogP contribution in [0.1, 0.15) is 38.9 Å². The van der Waals surface area contributed by atoms with E-state index in [9.17, 15) is 9.18 Å². The zero-order valence-corrected chi connectivity index (χ0v) is 17.1. The van der Waals surface area contributed by atoms with Crippen LogP contribution < -0.4 is 11.1 Å². The molecule has 0 aliphatic carbocycles. The highest BCUT2D eigenvalue weighted by atomic mass is 35.5. The zero-order valence-electron chi connectivity index (χ0n) is 15.4. The van der Waals surface area contributed by atoms with Crippen molar-refractivity contribution in [2.24, 2.45) is 11.7 Å². The summed E-state index contributed by atoms with van der Waals surface area (Å²) in [6, 6.07) is 4.32. The van der Waals surface area contributed by atoms with Gasteiger partial charge in [-0.25, -0.2) is 4.39 Å². The Morgan fingerprint density at radius 2 is 1.96 bits per heavy atom. The lowest BCUT2D eigenvalue weighted by Gasteiger charge is -2.16. The predicted octanol–water partition coefficient (Wildman–Crippen LogP) is 3.58. The van der Waals surface area contributed by atoms with Gasteiger partial charge in [0, 0.05) is 24.6 Å². The van der Waals surface area contributed by atoms with Gasteiger partial charge >= 0.3 is 0 Å². The van der Waals surface area contributed by atoms with Gasteiger partial charge in [-0.05, 0) is 38.0 Å². The highest BCUT2D eigenvalue weighted by molar-refractivity contribution is 5.93. The molecule has 27 heavy (non-hydrogen) atoms. The van der Waals surface area contributed by atoms with Gasteiger partial charge in [-0.15, -0.1) is 35.0 Å². The number of carbonyl (C=O) groups excluding carboxylic acids is 1. The minimum absolute atomic E-state index is 0. The first kappa shape index (κ1) is 23.3. The molecule has 3 N–H and O–H groups in total. The summed E-state index contributed by atoms with van der Waals surface area (Å²) in [5, 5.41) is 11.2. The number of nitrogens with one attached hydrogen (secondary N) is 1. The predicted molar refractivity (Wildman–Crippen MR) is 109 cm³/mol. The third-order valence-electron chi connectivity index (χ3n) is 4.79. The molecule has 1 aliphatic rings. The van der Waals surface area contributed by atoms with Crippen molar-refractivity contribution in [3.63, 3.8) is 0 Å². The molecule has 0 saturated carbocycles. The van der Waals surface area contributed by atoms with Crippen LogP contribution in [0.5, 0.6) is 0 Å². The maximum absolute atomic E-state index is 14.2. The van der Waals surface area contributed by atoms with Gasteiger partial charge in [-0.3, -0.25) is 4.79 Å². The fourth-order valence-electron chi connectivity index (χ4n) is 2.94. The third kappa shape index (κ3) is 5.18. The summed E-state index contributed by atoms with van der Waals surface area (Å²) in [7, 11) is 0. The number of benzene rings is 1. The highest BCUT2D eigenvalue weighted by Crippen LogP contribution is 2.27. The van der Waals surface area contributed by atoms with Crippen LogP contribution in [-0.4, -0.2) is 26.7 Å². The number of amides is 1. The average Bonchev–Trinajstić information content (AvgIpc) is 2.84. The molecule has 9 heteroatoms. The molecule has 1 aliphatic heterocycles. The van der Waals surface area contributed by atoms with Crippen molar-refractivity contribution in [2.45, 2.75) is 52.1 Å². The number of halogens is 3. The fourth-order valence-corrected chi connectivity index (χ4v) is 2.94. The number of anilines is 1. The van der Waals surface area contributed by atoms with E-state index in [1.807, 2.05) is 0 Å². The molecular formula is C18H26Cl2FN5O. The molecular weight excluding hydrogens is 392 g/mol. The molecule has 2 atom stereocenters. The summed E-state index contributed by atoms with van der Waals surface area (Å²) >= 11 is 0. The maximum atomic E-state index is 14.2. The third-order valence-corrected chi connectivity index (χ3v) is 4.79. The lowest BCUT2D eigenvalue weighted by atomic mass is 10.0. The Hall–Kier alpha value is -1.70. The monoisotopic (exact) mass is 417 g/mol. The van der Waals surface area contributed by atoms with Gasteiger partial charge in [0.05, 0.1) is 11.6 Å². The van der Waals surface area contributed by atoms with E-state index < -0.39 is 11.7 Å². The van der Waals surface area contributed by atoms with E-state index in [-0.39, 0.29) is 42.5 Å². The van der Waals surface area contributed by atoms with Crippen molar-refractivity contribution in [1.82, 2.24) is 14.8 Å². The number of hydrogen-bond donors (Lipinski definition) is 2. The summed E-state index contributed by atoms with van der Waals surface area (Å²) in [4.78, 5) is 12.2. The summed E-state index contributed by atoms with van der Waals surface area (Å²) in [5.41, 5.74) is 6.63. The first-order valence-corrected chi connectivity index (χ1v) is 8.76. The van der Waals surface area contributed by atoms with Gasteiger partial charge in [-0.2, -0.15) is 0 Å². The Labute approximate surface area is 170 Å². The SMILES string of the molecule is CC(N)C(C)C(=O)Nc1cc(-c2nnc3n2CCCCC3)ccc1F.Cl.Cl. The number of fused-ring (bicyclic) bond motifs is 1. The van der Waals surface area contributed by atoms with Gasteiger partial charge in [0.1, 0.15) is 11.6 Å². The molecule has 1 amide bonds. The van der Waals surface area contributed by atoms with Gasteiger partial charge in [0.2, 0.25) is 5.91 Å². The molecule has 1 aromatic carbocycles. The molecule has 0 fully saturated rings. The Kier molecular flexibility index (Phi) is 8.65. The van der Waals surface area contributed by atoms with Crippen LogP contribution in [0.25, 0.3) is 11.4 Å². The molecule has 6 nitrogen and oxygen atoms in total.